The molecular weight excluding hydrogens is 609 g/mol. The highest BCUT2D eigenvalue weighted by atomic mass is 32.1. The van der Waals surface area contributed by atoms with Gasteiger partial charge in [-0.15, -0.1) is 11.3 Å². The number of halogens is 3. The van der Waals surface area contributed by atoms with Gasteiger partial charge in [0.15, 0.2) is 0 Å². The number of ether oxygens (including phenoxy) is 3. The fraction of sp³-hybridized carbons (Fsp3) is 0.406. The number of hydrogen-bond donors (Lipinski definition) is 1. The van der Waals surface area contributed by atoms with Crippen molar-refractivity contribution in [2.75, 3.05) is 13.1 Å². The molecule has 2 amide bonds. The van der Waals surface area contributed by atoms with Crippen molar-refractivity contribution in [1.29, 1.82) is 0 Å². The molecule has 0 saturated carbocycles. The molecule has 5 rings (SSSR count). The van der Waals surface area contributed by atoms with Gasteiger partial charge in [-0.3, -0.25) is 9.36 Å². The number of carbonyl (C=O) groups is 2. The van der Waals surface area contributed by atoms with Gasteiger partial charge in [-0.2, -0.15) is 13.2 Å². The molecule has 1 fully saturated rings. The van der Waals surface area contributed by atoms with Crippen LogP contribution in [0.25, 0.3) is 16.0 Å². The Kier molecular flexibility index (Phi) is 9.02. The van der Waals surface area contributed by atoms with Crippen molar-refractivity contribution < 1.29 is 37.0 Å². The molecule has 0 radical (unpaired) electrons. The Bertz CT molecular complexity index is 1690. The molecule has 13 heteroatoms. The van der Waals surface area contributed by atoms with Crippen LogP contribution in [-0.2, 0) is 10.9 Å². The summed E-state index contributed by atoms with van der Waals surface area (Å²) in [6.45, 7) is 8.11. The first-order chi connectivity index (χ1) is 21.2. The van der Waals surface area contributed by atoms with Gasteiger partial charge in [-0.05, 0) is 58.7 Å². The van der Waals surface area contributed by atoms with Crippen LogP contribution in [0.4, 0.5) is 18.0 Å². The number of nitrogens with zero attached hydrogens (tertiary/aromatic N) is 3. The molecule has 2 aromatic heterocycles. The lowest BCUT2D eigenvalue weighted by atomic mass is 10.0. The molecule has 3 heterocycles. The van der Waals surface area contributed by atoms with E-state index in [0.717, 1.165) is 30.2 Å². The topological polar surface area (TPSA) is 109 Å². The molecule has 2 N–H and O–H groups in total. The molecule has 240 valence electrons. The van der Waals surface area contributed by atoms with Gasteiger partial charge < -0.3 is 24.8 Å². The minimum absolute atomic E-state index is 0.0595. The molecule has 4 aromatic rings. The molecule has 9 nitrogen and oxygen atoms in total. The van der Waals surface area contributed by atoms with Gasteiger partial charge in [0.1, 0.15) is 45.5 Å². The van der Waals surface area contributed by atoms with Crippen molar-refractivity contribution >= 4 is 34.4 Å². The quantitative estimate of drug-likeness (QED) is 0.223. The molecule has 1 saturated heterocycles. The van der Waals surface area contributed by atoms with E-state index in [1.165, 1.54) is 25.1 Å². The van der Waals surface area contributed by atoms with Crippen LogP contribution in [0.2, 0.25) is 0 Å². The number of imidazole rings is 1. The summed E-state index contributed by atoms with van der Waals surface area (Å²) in [4.78, 5) is 31.1. The van der Waals surface area contributed by atoms with Crippen molar-refractivity contribution in [3.05, 3.63) is 70.9 Å². The second-order valence-electron chi connectivity index (χ2n) is 11.9. The predicted molar refractivity (Wildman–Crippen MR) is 164 cm³/mol. The Labute approximate surface area is 262 Å². The minimum atomic E-state index is -4.57. The summed E-state index contributed by atoms with van der Waals surface area (Å²) in [7, 11) is 0. The van der Waals surface area contributed by atoms with E-state index in [1.54, 1.807) is 21.9 Å². The van der Waals surface area contributed by atoms with E-state index in [9.17, 15) is 22.8 Å². The first kappa shape index (κ1) is 32.1. The minimum Gasteiger partial charge on any atom is -0.490 e. The second-order valence-corrected chi connectivity index (χ2v) is 12.9. The van der Waals surface area contributed by atoms with Gasteiger partial charge in [-0.1, -0.05) is 18.2 Å². The van der Waals surface area contributed by atoms with Crippen LogP contribution in [0.5, 0.6) is 11.5 Å². The number of carbonyl (C=O) groups excluding carboxylic acids is 2. The van der Waals surface area contributed by atoms with Gasteiger partial charge in [0.25, 0.3) is 5.91 Å². The number of nitrogens with two attached hydrogens (primary N) is 1. The number of rotatable bonds is 7. The number of likely N-dealkylation sites (tertiary alicyclic amines) is 1. The van der Waals surface area contributed by atoms with Crippen molar-refractivity contribution in [1.82, 2.24) is 14.5 Å². The first-order valence-corrected chi connectivity index (χ1v) is 15.4. The summed E-state index contributed by atoms with van der Waals surface area (Å²) in [5, 5.41) is 0.539. The van der Waals surface area contributed by atoms with Crippen LogP contribution in [0.1, 0.15) is 73.9 Å². The number of hydrogen-bond acceptors (Lipinski definition) is 7. The molecule has 0 aliphatic carbocycles. The highest BCUT2D eigenvalue weighted by molar-refractivity contribution is 7.16. The van der Waals surface area contributed by atoms with Crippen LogP contribution in [-0.4, -0.2) is 51.2 Å². The maximum absolute atomic E-state index is 13.6. The summed E-state index contributed by atoms with van der Waals surface area (Å²) in [5.41, 5.74) is 5.56. The number of thiophene rings is 1. The Morgan fingerprint density at radius 3 is 2.53 bits per heavy atom. The van der Waals surface area contributed by atoms with Crippen molar-refractivity contribution in [3.63, 3.8) is 0 Å². The molecule has 1 aliphatic rings. The van der Waals surface area contributed by atoms with E-state index in [-0.39, 0.29) is 28.4 Å². The monoisotopic (exact) mass is 644 g/mol. The average molecular weight is 645 g/mol. The largest absolute Gasteiger partial charge is 0.490 e. The number of aromatic nitrogens is 2. The predicted octanol–water partition coefficient (Wildman–Crippen LogP) is 7.51. The maximum atomic E-state index is 13.6. The van der Waals surface area contributed by atoms with E-state index in [2.05, 4.69) is 4.98 Å². The van der Waals surface area contributed by atoms with Crippen molar-refractivity contribution in [2.45, 2.75) is 70.9 Å². The highest BCUT2D eigenvalue weighted by Gasteiger charge is 2.35. The lowest BCUT2D eigenvalue weighted by molar-refractivity contribution is -0.139. The van der Waals surface area contributed by atoms with E-state index < -0.39 is 29.4 Å². The van der Waals surface area contributed by atoms with Crippen LogP contribution in [0, 0.1) is 0 Å². The Morgan fingerprint density at radius 2 is 1.82 bits per heavy atom. The van der Waals surface area contributed by atoms with E-state index in [0.29, 0.717) is 41.3 Å². The van der Waals surface area contributed by atoms with Gasteiger partial charge >= 0.3 is 12.3 Å². The summed E-state index contributed by atoms with van der Waals surface area (Å²) in [5.74, 6) is -0.0745. The summed E-state index contributed by atoms with van der Waals surface area (Å²) in [6, 6.07) is 12.2. The molecule has 1 aliphatic heterocycles. The zero-order chi connectivity index (χ0) is 32.5. The third-order valence-electron chi connectivity index (χ3n) is 7.30. The second kappa shape index (κ2) is 12.6. The van der Waals surface area contributed by atoms with E-state index in [4.69, 9.17) is 19.9 Å². The molecule has 0 bridgehead atoms. The van der Waals surface area contributed by atoms with Crippen molar-refractivity contribution in [2.24, 2.45) is 5.73 Å². The molecule has 0 unspecified atom stereocenters. The Balaban J connectivity index is 1.36. The Hall–Kier alpha value is -4.26. The SMILES string of the molecule is C[C@@H](Oc1cc(-n2cnc3ccc(O[C@@H]4CCCN(C(=O)OC(C)(C)C)CC4)cc32)sc1C(N)=O)c1ccccc1C(F)(F)F. The number of benzene rings is 2. The average Bonchev–Trinajstić information content (AvgIpc) is 3.49. The fourth-order valence-corrected chi connectivity index (χ4v) is 6.15. The van der Waals surface area contributed by atoms with Crippen LogP contribution in [0.3, 0.4) is 0 Å². The zero-order valence-electron chi connectivity index (χ0n) is 25.4. The fourth-order valence-electron chi connectivity index (χ4n) is 5.23. The normalized spacial score (nSPS) is 16.7. The smallest absolute Gasteiger partial charge is 0.416 e. The zero-order valence-corrected chi connectivity index (χ0v) is 26.2. The van der Waals surface area contributed by atoms with Crippen LogP contribution < -0.4 is 15.2 Å². The molecule has 2 aromatic carbocycles. The standard InChI is InChI=1S/C32H35F3N4O5S/c1-19(22-9-5-6-10-23(22)32(33,34)35)42-26-17-27(45-28(26)29(36)40)39-18-37-24-12-11-21(16-25(24)39)43-20-8-7-14-38(15-13-20)30(41)44-31(2,3)4/h5-6,9-12,16-20H,7-8,13-15H2,1-4H3,(H2,36,40)/t19-,20-/m1/s1. The number of fused-ring (bicyclic) bond motifs is 1. The third kappa shape index (κ3) is 7.52. The Morgan fingerprint density at radius 1 is 1.07 bits per heavy atom. The molecule has 2 atom stereocenters. The van der Waals surface area contributed by atoms with Gasteiger partial charge in [-0.25, -0.2) is 9.78 Å². The number of primary amides is 1. The van der Waals surface area contributed by atoms with Crippen LogP contribution >= 0.6 is 11.3 Å². The number of alkyl halides is 3. The molecule has 45 heavy (non-hydrogen) atoms. The summed E-state index contributed by atoms with van der Waals surface area (Å²) in [6.07, 6.45) is -2.28. The van der Waals surface area contributed by atoms with Crippen molar-refractivity contribution in [3.8, 4) is 16.5 Å². The third-order valence-corrected chi connectivity index (χ3v) is 8.43. The van der Waals surface area contributed by atoms with Gasteiger partial charge in [0.05, 0.1) is 16.6 Å². The first-order valence-electron chi connectivity index (χ1n) is 14.6. The van der Waals surface area contributed by atoms with Crippen LogP contribution in [0.15, 0.2) is 54.9 Å². The maximum Gasteiger partial charge on any atom is 0.416 e. The molecule has 0 spiro atoms. The van der Waals surface area contributed by atoms with Gasteiger partial charge in [0.2, 0.25) is 0 Å². The van der Waals surface area contributed by atoms with E-state index in [1.807, 2.05) is 39.0 Å². The summed E-state index contributed by atoms with van der Waals surface area (Å²) >= 11 is 1.05. The number of amides is 2. The van der Waals surface area contributed by atoms with Gasteiger partial charge in [0, 0.05) is 37.2 Å². The highest BCUT2D eigenvalue weighted by Crippen LogP contribution is 2.39. The lowest BCUT2D eigenvalue weighted by Crippen LogP contribution is -2.37. The summed E-state index contributed by atoms with van der Waals surface area (Å²) < 4.78 is 60.4. The molecular formula is C32H35F3N4O5S. The van der Waals surface area contributed by atoms with E-state index >= 15 is 0 Å². The lowest BCUT2D eigenvalue weighted by Gasteiger charge is -2.26.